The zero-order chi connectivity index (χ0) is 23.7. The Labute approximate surface area is 204 Å². The van der Waals surface area contributed by atoms with E-state index in [0.29, 0.717) is 15.5 Å². The number of nitrogens with one attached hydrogen (secondary N) is 1. The van der Waals surface area contributed by atoms with E-state index >= 15 is 0 Å². The summed E-state index contributed by atoms with van der Waals surface area (Å²) in [6.45, 7) is -0.136. The average Bonchev–Trinajstić information content (AvgIpc) is 3.17. The molecule has 4 rings (SSSR count). The summed E-state index contributed by atoms with van der Waals surface area (Å²) < 4.78 is 35.4. The van der Waals surface area contributed by atoms with Crippen molar-refractivity contribution < 1.29 is 23.1 Å². The summed E-state index contributed by atoms with van der Waals surface area (Å²) in [7, 11) is 0. The second-order valence-electron chi connectivity index (χ2n) is 6.51. The number of halogens is 5. The number of aromatic nitrogens is 2. The molecular formula is C21H10Cl3F2N3O3S. The number of fused-ring (bicyclic) bond motifs is 1. The number of hydrogen-bond donors (Lipinski definition) is 1. The highest BCUT2D eigenvalue weighted by atomic mass is 35.5. The monoisotopic (exact) mass is 527 g/mol. The Kier molecular flexibility index (Phi) is 6.76. The van der Waals surface area contributed by atoms with Crippen LogP contribution < -0.4 is 10.1 Å². The van der Waals surface area contributed by atoms with E-state index in [-0.39, 0.29) is 22.2 Å². The standard InChI is InChI=1S/C21H10Cl3F2N3O3S/c22-9-1-4-15-13(5-9)28-16(33-15)8-32-14-3-2-12(25)17(19(14)26)21(31)29-20(30)10-6-27-7-11(23)18(10)24/h1-7H,8H2,(H,29,30,31). The summed E-state index contributed by atoms with van der Waals surface area (Å²) in [6, 6.07) is 7.06. The van der Waals surface area contributed by atoms with Crippen LogP contribution in [0.4, 0.5) is 8.78 Å². The van der Waals surface area contributed by atoms with Gasteiger partial charge in [0.25, 0.3) is 11.8 Å². The smallest absolute Gasteiger partial charge is 0.264 e. The molecule has 0 fully saturated rings. The van der Waals surface area contributed by atoms with Gasteiger partial charge >= 0.3 is 0 Å². The number of imide groups is 1. The van der Waals surface area contributed by atoms with Crippen LogP contribution in [0.3, 0.4) is 0 Å². The van der Waals surface area contributed by atoms with Gasteiger partial charge in [0.15, 0.2) is 11.6 Å². The van der Waals surface area contributed by atoms with Crippen LogP contribution in [0.2, 0.25) is 15.1 Å². The molecule has 0 radical (unpaired) electrons. The van der Waals surface area contributed by atoms with Crippen molar-refractivity contribution in [3.8, 4) is 5.75 Å². The molecule has 0 bridgehead atoms. The first-order chi connectivity index (χ1) is 15.7. The summed E-state index contributed by atoms with van der Waals surface area (Å²) in [5.74, 6) is -5.21. The van der Waals surface area contributed by atoms with Crippen molar-refractivity contribution in [1.29, 1.82) is 0 Å². The maximum Gasteiger partial charge on any atom is 0.264 e. The molecule has 1 N–H and O–H groups in total. The molecule has 0 saturated carbocycles. The van der Waals surface area contributed by atoms with E-state index in [1.165, 1.54) is 17.5 Å². The molecule has 2 amide bonds. The molecule has 0 atom stereocenters. The first-order valence-corrected chi connectivity index (χ1v) is 11.0. The van der Waals surface area contributed by atoms with E-state index in [2.05, 4.69) is 9.97 Å². The third kappa shape index (κ3) is 4.91. The zero-order valence-electron chi connectivity index (χ0n) is 16.2. The van der Waals surface area contributed by atoms with E-state index in [4.69, 9.17) is 39.5 Å². The van der Waals surface area contributed by atoms with E-state index in [1.54, 1.807) is 18.2 Å². The number of amides is 2. The van der Waals surface area contributed by atoms with Gasteiger partial charge in [0.05, 0.1) is 25.8 Å². The molecule has 0 aliphatic carbocycles. The van der Waals surface area contributed by atoms with Gasteiger partial charge in [0.2, 0.25) is 0 Å². The molecule has 0 aliphatic heterocycles. The van der Waals surface area contributed by atoms with Crippen LogP contribution >= 0.6 is 46.1 Å². The van der Waals surface area contributed by atoms with Gasteiger partial charge in [0, 0.05) is 17.4 Å². The maximum atomic E-state index is 14.9. The van der Waals surface area contributed by atoms with Crippen molar-refractivity contribution in [1.82, 2.24) is 15.3 Å². The molecule has 2 aromatic carbocycles. The van der Waals surface area contributed by atoms with Crippen molar-refractivity contribution in [2.24, 2.45) is 0 Å². The fourth-order valence-corrected chi connectivity index (χ4v) is 4.18. The number of benzene rings is 2. The topological polar surface area (TPSA) is 81.2 Å². The third-order valence-electron chi connectivity index (χ3n) is 4.34. The van der Waals surface area contributed by atoms with E-state index in [0.717, 1.165) is 23.0 Å². The number of carbonyl (C=O) groups excluding carboxylic acids is 2. The summed E-state index contributed by atoms with van der Waals surface area (Å²) in [5, 5.41) is 2.71. The van der Waals surface area contributed by atoms with Crippen LogP contribution in [0.1, 0.15) is 25.7 Å². The van der Waals surface area contributed by atoms with Crippen molar-refractivity contribution in [2.45, 2.75) is 6.61 Å². The number of carbonyl (C=O) groups is 2. The van der Waals surface area contributed by atoms with Gasteiger partial charge in [-0.3, -0.25) is 19.9 Å². The van der Waals surface area contributed by atoms with Crippen LogP contribution in [0.5, 0.6) is 5.75 Å². The number of hydrogen-bond acceptors (Lipinski definition) is 6. The molecule has 0 unspecified atom stereocenters. The minimum absolute atomic E-state index is 0.0263. The molecule has 6 nitrogen and oxygen atoms in total. The molecule has 168 valence electrons. The molecule has 12 heteroatoms. The molecule has 33 heavy (non-hydrogen) atoms. The largest absolute Gasteiger partial charge is 0.483 e. The van der Waals surface area contributed by atoms with Crippen LogP contribution in [0, 0.1) is 11.6 Å². The minimum Gasteiger partial charge on any atom is -0.483 e. The predicted octanol–water partition coefficient (Wildman–Crippen LogP) is 6.08. The highest BCUT2D eigenvalue weighted by Gasteiger charge is 2.25. The summed E-state index contributed by atoms with van der Waals surface area (Å²) >= 11 is 19.0. The Balaban J connectivity index is 1.53. The van der Waals surface area contributed by atoms with Crippen LogP contribution in [-0.4, -0.2) is 21.8 Å². The number of thiazole rings is 1. The molecular weight excluding hydrogens is 519 g/mol. The maximum absolute atomic E-state index is 14.9. The predicted molar refractivity (Wildman–Crippen MR) is 121 cm³/mol. The van der Waals surface area contributed by atoms with Crippen LogP contribution in [0.25, 0.3) is 10.2 Å². The quantitative estimate of drug-likeness (QED) is 0.318. The van der Waals surface area contributed by atoms with Gasteiger partial charge in [-0.1, -0.05) is 34.8 Å². The lowest BCUT2D eigenvalue weighted by Gasteiger charge is -2.11. The Morgan fingerprint density at radius 3 is 2.64 bits per heavy atom. The Morgan fingerprint density at radius 1 is 1.06 bits per heavy atom. The first kappa shape index (κ1) is 23.3. The van der Waals surface area contributed by atoms with Crippen LogP contribution in [0.15, 0.2) is 42.7 Å². The van der Waals surface area contributed by atoms with Gasteiger partial charge in [-0.15, -0.1) is 11.3 Å². The highest BCUT2D eigenvalue weighted by molar-refractivity contribution is 7.18. The Bertz CT molecular complexity index is 1410. The van der Waals surface area contributed by atoms with Gasteiger partial charge < -0.3 is 4.74 Å². The van der Waals surface area contributed by atoms with Crippen LogP contribution in [-0.2, 0) is 6.61 Å². The molecule has 0 aliphatic rings. The fraction of sp³-hybridized carbons (Fsp3) is 0.0476. The summed E-state index contributed by atoms with van der Waals surface area (Å²) in [4.78, 5) is 32.8. The van der Waals surface area contributed by atoms with Crippen molar-refractivity contribution in [3.05, 3.63) is 85.6 Å². The lowest BCUT2D eigenvalue weighted by atomic mass is 10.1. The minimum atomic E-state index is -1.33. The van der Waals surface area contributed by atoms with Crippen molar-refractivity contribution in [2.75, 3.05) is 0 Å². The SMILES string of the molecule is O=C(NC(=O)c1c(F)ccc(OCc2nc3cc(Cl)ccc3s2)c1F)c1cncc(Cl)c1Cl. The average molecular weight is 529 g/mol. The normalized spacial score (nSPS) is 10.9. The number of rotatable bonds is 5. The molecule has 0 saturated heterocycles. The van der Waals surface area contributed by atoms with Crippen molar-refractivity contribution in [3.63, 3.8) is 0 Å². The number of pyridine rings is 1. The second-order valence-corrected chi connectivity index (χ2v) is 8.85. The second kappa shape index (κ2) is 9.56. The lowest BCUT2D eigenvalue weighted by Crippen LogP contribution is -2.32. The van der Waals surface area contributed by atoms with Gasteiger partial charge in [-0.25, -0.2) is 13.8 Å². The molecule has 4 aromatic rings. The van der Waals surface area contributed by atoms with E-state index in [9.17, 15) is 18.4 Å². The summed E-state index contributed by atoms with van der Waals surface area (Å²) in [6.07, 6.45) is 2.26. The highest BCUT2D eigenvalue weighted by Crippen LogP contribution is 2.28. The molecule has 0 spiro atoms. The van der Waals surface area contributed by atoms with Gasteiger partial charge in [0.1, 0.15) is 23.0 Å². The van der Waals surface area contributed by atoms with Crippen molar-refractivity contribution >= 4 is 68.2 Å². The third-order valence-corrected chi connectivity index (χ3v) is 6.37. The van der Waals surface area contributed by atoms with E-state index < -0.39 is 34.8 Å². The van der Waals surface area contributed by atoms with Gasteiger partial charge in [-0.05, 0) is 30.3 Å². The zero-order valence-corrected chi connectivity index (χ0v) is 19.3. The van der Waals surface area contributed by atoms with E-state index in [1.807, 2.05) is 5.32 Å². The first-order valence-electron chi connectivity index (χ1n) is 9.05. The molecule has 2 aromatic heterocycles. The fourth-order valence-electron chi connectivity index (χ4n) is 2.81. The molecule has 2 heterocycles. The van der Waals surface area contributed by atoms with Gasteiger partial charge in [-0.2, -0.15) is 0 Å². The Hall–Kier alpha value is -2.85. The summed E-state index contributed by atoms with van der Waals surface area (Å²) in [5.41, 5.74) is -0.580. The number of nitrogens with zero attached hydrogens (tertiary/aromatic N) is 2. The lowest BCUT2D eigenvalue weighted by molar-refractivity contribution is 0.0844. The Morgan fingerprint density at radius 2 is 1.85 bits per heavy atom. The number of ether oxygens (including phenoxy) is 1.